The first kappa shape index (κ1) is 13.7. The van der Waals surface area contributed by atoms with Crippen LogP contribution in [0, 0.1) is 20.8 Å². The number of nitrogens with one attached hydrogen (secondary N) is 1. The number of aryl methyl sites for hydroxylation is 3. The van der Waals surface area contributed by atoms with Gasteiger partial charge in [-0.2, -0.15) is 5.10 Å². The summed E-state index contributed by atoms with van der Waals surface area (Å²) in [5.41, 5.74) is 6.85. The maximum Gasteiger partial charge on any atom is 0.157 e. The molecule has 0 spiro atoms. The fourth-order valence-electron chi connectivity index (χ4n) is 2.71. The Morgan fingerprint density at radius 1 is 1.14 bits per heavy atom. The van der Waals surface area contributed by atoms with Crippen LogP contribution in [-0.2, 0) is 20.6 Å². The zero-order chi connectivity index (χ0) is 15.1. The molecule has 110 valence electrons. The number of aromatic nitrogens is 4. The van der Waals surface area contributed by atoms with Crippen LogP contribution in [0.1, 0.15) is 22.6 Å². The monoisotopic (exact) mass is 283 g/mol. The van der Waals surface area contributed by atoms with Gasteiger partial charge in [0.1, 0.15) is 0 Å². The summed E-state index contributed by atoms with van der Waals surface area (Å²) in [5, 5.41) is 8.96. The van der Waals surface area contributed by atoms with E-state index in [-0.39, 0.29) is 0 Å². The molecule has 0 aliphatic carbocycles. The zero-order valence-electron chi connectivity index (χ0n) is 13.2. The van der Waals surface area contributed by atoms with Crippen molar-refractivity contribution in [2.45, 2.75) is 27.3 Å². The Kier molecular flexibility index (Phi) is 3.20. The Hall–Kier alpha value is -2.30. The van der Waals surface area contributed by atoms with E-state index in [9.17, 15) is 0 Å². The Morgan fingerprint density at radius 3 is 2.57 bits per heavy atom. The van der Waals surface area contributed by atoms with Gasteiger partial charge in [0.05, 0.1) is 17.6 Å². The molecule has 0 aliphatic rings. The van der Waals surface area contributed by atoms with E-state index in [1.165, 1.54) is 17.0 Å². The molecular formula is C16H21N5. The van der Waals surface area contributed by atoms with Crippen molar-refractivity contribution < 1.29 is 0 Å². The molecule has 0 amide bonds. The normalized spacial score (nSPS) is 11.3. The highest BCUT2D eigenvalue weighted by molar-refractivity contribution is 5.81. The predicted octanol–water partition coefficient (Wildman–Crippen LogP) is 2.84. The van der Waals surface area contributed by atoms with Crippen LogP contribution in [0.5, 0.6) is 0 Å². The fraction of sp³-hybridized carbons (Fsp3) is 0.375. The van der Waals surface area contributed by atoms with Gasteiger partial charge in [0.2, 0.25) is 0 Å². The van der Waals surface area contributed by atoms with E-state index in [2.05, 4.69) is 53.0 Å². The molecule has 3 aromatic heterocycles. The van der Waals surface area contributed by atoms with E-state index in [0.717, 1.165) is 29.0 Å². The first-order chi connectivity index (χ1) is 9.97. The topological polar surface area (TPSA) is 47.7 Å². The number of anilines is 1. The SMILES string of the molecule is Cc1nn(C)c2ncc(NCc3cc(C)n(C)c3C)cc12. The van der Waals surface area contributed by atoms with E-state index in [1.54, 1.807) is 0 Å². The lowest BCUT2D eigenvalue weighted by molar-refractivity contribution is 0.774. The molecule has 0 bridgehead atoms. The van der Waals surface area contributed by atoms with Gasteiger partial charge in [-0.1, -0.05) is 0 Å². The smallest absolute Gasteiger partial charge is 0.157 e. The third kappa shape index (κ3) is 2.28. The lowest BCUT2D eigenvalue weighted by atomic mass is 10.2. The second-order valence-corrected chi connectivity index (χ2v) is 5.61. The molecule has 3 rings (SSSR count). The molecule has 0 fully saturated rings. The van der Waals surface area contributed by atoms with E-state index in [0.29, 0.717) is 0 Å². The molecule has 0 aliphatic heterocycles. The van der Waals surface area contributed by atoms with Crippen LogP contribution >= 0.6 is 0 Å². The van der Waals surface area contributed by atoms with Crippen LogP contribution in [0.4, 0.5) is 5.69 Å². The molecule has 0 radical (unpaired) electrons. The van der Waals surface area contributed by atoms with Crippen molar-refractivity contribution in [1.29, 1.82) is 0 Å². The summed E-state index contributed by atoms with van der Waals surface area (Å²) in [5.74, 6) is 0. The Morgan fingerprint density at radius 2 is 1.90 bits per heavy atom. The number of pyridine rings is 1. The van der Waals surface area contributed by atoms with Gasteiger partial charge in [-0.25, -0.2) is 4.98 Å². The molecule has 0 saturated heterocycles. The highest BCUT2D eigenvalue weighted by Crippen LogP contribution is 2.20. The number of nitrogens with zero attached hydrogens (tertiary/aromatic N) is 4. The highest BCUT2D eigenvalue weighted by Gasteiger charge is 2.08. The highest BCUT2D eigenvalue weighted by atomic mass is 15.3. The molecule has 0 unspecified atom stereocenters. The number of hydrogen-bond donors (Lipinski definition) is 1. The lowest BCUT2D eigenvalue weighted by Gasteiger charge is -2.07. The van der Waals surface area contributed by atoms with Gasteiger partial charge >= 0.3 is 0 Å². The second kappa shape index (κ2) is 4.91. The quantitative estimate of drug-likeness (QED) is 0.804. The summed E-state index contributed by atoms with van der Waals surface area (Å²) >= 11 is 0. The molecule has 21 heavy (non-hydrogen) atoms. The van der Waals surface area contributed by atoms with Gasteiger partial charge in [-0.3, -0.25) is 4.68 Å². The number of fused-ring (bicyclic) bond motifs is 1. The third-order valence-corrected chi connectivity index (χ3v) is 4.23. The summed E-state index contributed by atoms with van der Waals surface area (Å²) in [7, 11) is 4.02. The summed E-state index contributed by atoms with van der Waals surface area (Å²) < 4.78 is 4.03. The molecule has 5 heteroatoms. The lowest BCUT2D eigenvalue weighted by Crippen LogP contribution is -2.02. The van der Waals surface area contributed by atoms with Gasteiger partial charge in [0, 0.05) is 37.4 Å². The number of hydrogen-bond acceptors (Lipinski definition) is 3. The Labute approximate surface area is 124 Å². The van der Waals surface area contributed by atoms with E-state index in [4.69, 9.17) is 0 Å². The summed E-state index contributed by atoms with van der Waals surface area (Å²) in [6.45, 7) is 7.10. The minimum atomic E-state index is 0.806. The largest absolute Gasteiger partial charge is 0.380 e. The van der Waals surface area contributed by atoms with E-state index in [1.807, 2.05) is 24.9 Å². The van der Waals surface area contributed by atoms with Crippen molar-refractivity contribution in [2.24, 2.45) is 14.1 Å². The zero-order valence-corrected chi connectivity index (χ0v) is 13.2. The molecule has 5 nitrogen and oxygen atoms in total. The molecule has 0 saturated carbocycles. The maximum atomic E-state index is 4.49. The van der Waals surface area contributed by atoms with Crippen LogP contribution in [-0.4, -0.2) is 19.3 Å². The van der Waals surface area contributed by atoms with Crippen molar-refractivity contribution in [3.63, 3.8) is 0 Å². The minimum Gasteiger partial charge on any atom is -0.380 e. The van der Waals surface area contributed by atoms with Gasteiger partial charge in [0.25, 0.3) is 0 Å². The first-order valence-corrected chi connectivity index (χ1v) is 7.12. The molecule has 0 atom stereocenters. The Balaban J connectivity index is 1.85. The van der Waals surface area contributed by atoms with Crippen molar-refractivity contribution in [3.8, 4) is 0 Å². The van der Waals surface area contributed by atoms with Crippen LogP contribution in [0.3, 0.4) is 0 Å². The predicted molar refractivity (Wildman–Crippen MR) is 85.5 cm³/mol. The molecule has 1 N–H and O–H groups in total. The van der Waals surface area contributed by atoms with Gasteiger partial charge < -0.3 is 9.88 Å². The molecule has 0 aromatic carbocycles. The summed E-state index contributed by atoms with van der Waals surface area (Å²) in [4.78, 5) is 4.49. The minimum absolute atomic E-state index is 0.806. The average molecular weight is 283 g/mol. The van der Waals surface area contributed by atoms with Crippen molar-refractivity contribution in [2.75, 3.05) is 5.32 Å². The van der Waals surface area contributed by atoms with Crippen molar-refractivity contribution in [1.82, 2.24) is 19.3 Å². The van der Waals surface area contributed by atoms with Gasteiger partial charge in [-0.05, 0) is 38.5 Å². The second-order valence-electron chi connectivity index (χ2n) is 5.61. The summed E-state index contributed by atoms with van der Waals surface area (Å²) in [6.07, 6.45) is 1.87. The molecule has 3 aromatic rings. The average Bonchev–Trinajstić information content (AvgIpc) is 2.88. The van der Waals surface area contributed by atoms with Crippen LogP contribution in [0.2, 0.25) is 0 Å². The van der Waals surface area contributed by atoms with Crippen molar-refractivity contribution in [3.05, 3.63) is 41.0 Å². The third-order valence-electron chi connectivity index (χ3n) is 4.23. The van der Waals surface area contributed by atoms with E-state index >= 15 is 0 Å². The first-order valence-electron chi connectivity index (χ1n) is 7.12. The summed E-state index contributed by atoms with van der Waals surface area (Å²) in [6, 6.07) is 4.35. The van der Waals surface area contributed by atoms with E-state index < -0.39 is 0 Å². The van der Waals surface area contributed by atoms with Gasteiger partial charge in [-0.15, -0.1) is 0 Å². The van der Waals surface area contributed by atoms with Gasteiger partial charge in [0.15, 0.2) is 5.65 Å². The molecular weight excluding hydrogens is 262 g/mol. The fourth-order valence-corrected chi connectivity index (χ4v) is 2.71. The Bertz CT molecular complexity index is 810. The standard InChI is InChI=1S/C16H21N5/c1-10-6-13(12(3)20(10)4)8-17-14-7-15-11(2)19-21(5)16(15)18-9-14/h6-7,9,17H,8H2,1-5H3. The maximum absolute atomic E-state index is 4.49. The number of rotatable bonds is 3. The van der Waals surface area contributed by atoms with Crippen molar-refractivity contribution >= 4 is 16.7 Å². The van der Waals surface area contributed by atoms with Crippen LogP contribution < -0.4 is 5.32 Å². The van der Waals surface area contributed by atoms with Crippen LogP contribution in [0.25, 0.3) is 11.0 Å². The van der Waals surface area contributed by atoms with Crippen LogP contribution in [0.15, 0.2) is 18.3 Å². The molecule has 3 heterocycles.